The highest BCUT2D eigenvalue weighted by Crippen LogP contribution is 1.82. The zero-order chi connectivity index (χ0) is 8.53. The minimum absolute atomic E-state index is 0.0619. The molecule has 0 heterocycles. The molecule has 0 bridgehead atoms. The van der Waals surface area contributed by atoms with Gasteiger partial charge >= 0.3 is 0 Å². The number of amides is 1. The number of carbonyl (C=O) groups excluding carboxylic acids is 1. The molecule has 0 aromatic rings. The fourth-order valence-electron chi connectivity index (χ4n) is 0.480. The molecule has 0 aliphatic rings. The van der Waals surface area contributed by atoms with E-state index in [4.69, 9.17) is 5.53 Å². The lowest BCUT2D eigenvalue weighted by Crippen LogP contribution is -2.25. The summed E-state index contributed by atoms with van der Waals surface area (Å²) in [4.78, 5) is 13.2. The maximum Gasteiger partial charge on any atom is 0.220 e. The first-order valence-electron chi connectivity index (χ1n) is 3.19. The second-order valence-corrected chi connectivity index (χ2v) is 2.23. The summed E-state index contributed by atoms with van der Waals surface area (Å²) >= 11 is 3.88. The first kappa shape index (κ1) is 10.1. The van der Waals surface area contributed by atoms with Crippen LogP contribution in [0.25, 0.3) is 10.4 Å². The van der Waals surface area contributed by atoms with Crippen LogP contribution in [0.4, 0.5) is 0 Å². The maximum atomic E-state index is 10.7. The maximum absolute atomic E-state index is 10.7. The average Bonchev–Trinajstić information content (AvgIpc) is 1.99. The highest BCUT2D eigenvalue weighted by molar-refractivity contribution is 7.80. The lowest BCUT2D eigenvalue weighted by atomic mass is 10.4. The molecule has 0 aliphatic carbocycles. The fourth-order valence-corrected chi connectivity index (χ4v) is 0.683. The third-order valence-corrected chi connectivity index (χ3v) is 1.16. The Bertz CT molecular complexity index is 166. The van der Waals surface area contributed by atoms with Crippen LogP contribution in [0.2, 0.25) is 0 Å². The molecule has 0 spiro atoms. The van der Waals surface area contributed by atoms with Gasteiger partial charge in [-0.2, -0.15) is 12.6 Å². The Kier molecular flexibility index (Phi) is 6.67. The average molecular weight is 174 g/mol. The molecule has 0 radical (unpaired) electrons. The van der Waals surface area contributed by atoms with E-state index in [1.807, 2.05) is 0 Å². The highest BCUT2D eigenvalue weighted by atomic mass is 32.1. The van der Waals surface area contributed by atoms with E-state index in [0.717, 1.165) is 0 Å². The molecular weight excluding hydrogens is 164 g/mol. The second kappa shape index (κ2) is 7.24. The SMILES string of the molecule is [N-]=[N+]=NCCNC(=O)CCS. The van der Waals surface area contributed by atoms with Gasteiger partial charge in [-0.15, -0.1) is 0 Å². The second-order valence-electron chi connectivity index (χ2n) is 1.78. The minimum atomic E-state index is -0.0619. The molecule has 1 amide bonds. The Labute approximate surface area is 70.2 Å². The van der Waals surface area contributed by atoms with Crippen LogP contribution in [0.15, 0.2) is 5.11 Å². The zero-order valence-corrected chi connectivity index (χ0v) is 6.92. The summed E-state index contributed by atoms with van der Waals surface area (Å²) in [6.07, 6.45) is 0.402. The molecule has 0 aliphatic heterocycles. The van der Waals surface area contributed by atoms with Crippen molar-refractivity contribution in [2.45, 2.75) is 6.42 Å². The van der Waals surface area contributed by atoms with Crippen LogP contribution in [0, 0.1) is 0 Å². The van der Waals surface area contributed by atoms with Crippen LogP contribution in [-0.4, -0.2) is 24.7 Å². The van der Waals surface area contributed by atoms with Crippen LogP contribution >= 0.6 is 12.6 Å². The summed E-state index contributed by atoms with van der Waals surface area (Å²) in [7, 11) is 0. The summed E-state index contributed by atoms with van der Waals surface area (Å²) in [5, 5.41) is 5.82. The van der Waals surface area contributed by atoms with Crippen molar-refractivity contribution in [1.82, 2.24) is 5.32 Å². The number of nitrogens with one attached hydrogen (secondary N) is 1. The smallest absolute Gasteiger partial charge is 0.220 e. The first-order chi connectivity index (χ1) is 5.31. The number of thiol groups is 1. The van der Waals surface area contributed by atoms with Gasteiger partial charge in [0, 0.05) is 24.4 Å². The Morgan fingerprint density at radius 3 is 3.00 bits per heavy atom. The van der Waals surface area contributed by atoms with Gasteiger partial charge in [-0.1, -0.05) is 5.11 Å². The van der Waals surface area contributed by atoms with Crippen molar-refractivity contribution in [3.05, 3.63) is 10.4 Å². The van der Waals surface area contributed by atoms with Crippen molar-refractivity contribution in [2.24, 2.45) is 5.11 Å². The van der Waals surface area contributed by atoms with Crippen molar-refractivity contribution in [3.63, 3.8) is 0 Å². The van der Waals surface area contributed by atoms with Crippen LogP contribution in [0.3, 0.4) is 0 Å². The largest absolute Gasteiger partial charge is 0.356 e. The standard InChI is InChI=1S/C5H10N4OS/c6-9-8-3-2-7-5(10)1-4-11/h11H,1-4H2,(H,7,10). The fraction of sp³-hybridized carbons (Fsp3) is 0.800. The molecule has 11 heavy (non-hydrogen) atoms. The molecule has 6 heteroatoms. The molecule has 0 fully saturated rings. The normalized spacial score (nSPS) is 8.45. The predicted molar refractivity (Wildman–Crippen MR) is 45.5 cm³/mol. The molecule has 5 nitrogen and oxygen atoms in total. The molecule has 0 aromatic heterocycles. The number of hydrogen-bond donors (Lipinski definition) is 2. The Morgan fingerprint density at radius 2 is 2.45 bits per heavy atom. The predicted octanol–water partition coefficient (Wildman–Crippen LogP) is 0.733. The number of rotatable bonds is 5. The molecule has 0 atom stereocenters. The van der Waals surface area contributed by atoms with Gasteiger partial charge in [-0.05, 0) is 11.3 Å². The van der Waals surface area contributed by atoms with E-state index >= 15 is 0 Å². The Balaban J connectivity index is 3.23. The molecule has 0 unspecified atom stereocenters. The van der Waals surface area contributed by atoms with Crippen LogP contribution in [0.5, 0.6) is 0 Å². The highest BCUT2D eigenvalue weighted by Gasteiger charge is 1.95. The van der Waals surface area contributed by atoms with Gasteiger partial charge in [0.1, 0.15) is 0 Å². The molecule has 62 valence electrons. The van der Waals surface area contributed by atoms with E-state index in [0.29, 0.717) is 25.3 Å². The molecular formula is C5H10N4OS. The van der Waals surface area contributed by atoms with Gasteiger partial charge < -0.3 is 5.32 Å². The van der Waals surface area contributed by atoms with Crippen molar-refractivity contribution < 1.29 is 4.79 Å². The van der Waals surface area contributed by atoms with E-state index in [1.165, 1.54) is 0 Å². The summed E-state index contributed by atoms with van der Waals surface area (Å²) in [6.45, 7) is 0.700. The van der Waals surface area contributed by atoms with Crippen molar-refractivity contribution in [1.29, 1.82) is 0 Å². The summed E-state index contributed by atoms with van der Waals surface area (Å²) in [6, 6.07) is 0. The minimum Gasteiger partial charge on any atom is -0.356 e. The van der Waals surface area contributed by atoms with Crippen molar-refractivity contribution >= 4 is 18.5 Å². The quantitative estimate of drug-likeness (QED) is 0.208. The van der Waals surface area contributed by atoms with Gasteiger partial charge in [0.25, 0.3) is 0 Å². The molecule has 0 aromatic carbocycles. The summed E-state index contributed by atoms with van der Waals surface area (Å²) in [5.74, 6) is 0.473. The van der Waals surface area contributed by atoms with Crippen molar-refractivity contribution in [3.8, 4) is 0 Å². The van der Waals surface area contributed by atoms with Crippen LogP contribution in [-0.2, 0) is 4.79 Å². The van der Waals surface area contributed by atoms with Gasteiger partial charge in [0.2, 0.25) is 5.91 Å². The number of azide groups is 1. The van der Waals surface area contributed by atoms with Gasteiger partial charge in [-0.25, -0.2) is 0 Å². The molecule has 1 N–H and O–H groups in total. The Morgan fingerprint density at radius 1 is 1.73 bits per heavy atom. The lowest BCUT2D eigenvalue weighted by molar-refractivity contribution is -0.120. The summed E-state index contributed by atoms with van der Waals surface area (Å²) < 4.78 is 0. The van der Waals surface area contributed by atoms with E-state index in [9.17, 15) is 4.79 Å². The Hall–Kier alpha value is -0.870. The van der Waals surface area contributed by atoms with Gasteiger partial charge in [0.05, 0.1) is 0 Å². The van der Waals surface area contributed by atoms with Gasteiger partial charge in [-0.3, -0.25) is 4.79 Å². The number of carbonyl (C=O) groups is 1. The van der Waals surface area contributed by atoms with Crippen molar-refractivity contribution in [2.75, 3.05) is 18.8 Å². The molecule has 0 rings (SSSR count). The van der Waals surface area contributed by atoms with Gasteiger partial charge in [0.15, 0.2) is 0 Å². The first-order valence-corrected chi connectivity index (χ1v) is 3.83. The summed E-state index contributed by atoms with van der Waals surface area (Å²) in [5.41, 5.74) is 7.87. The molecule has 0 saturated heterocycles. The monoisotopic (exact) mass is 174 g/mol. The van der Waals surface area contributed by atoms with E-state index in [-0.39, 0.29) is 5.91 Å². The molecule has 0 saturated carbocycles. The topological polar surface area (TPSA) is 77.9 Å². The van der Waals surface area contributed by atoms with E-state index in [2.05, 4.69) is 28.0 Å². The third kappa shape index (κ3) is 7.02. The lowest BCUT2D eigenvalue weighted by Gasteiger charge is -1.99. The third-order valence-electron chi connectivity index (χ3n) is 0.936. The van der Waals surface area contributed by atoms with Crippen LogP contribution in [0.1, 0.15) is 6.42 Å². The van der Waals surface area contributed by atoms with Crippen LogP contribution < -0.4 is 5.32 Å². The number of nitrogens with zero attached hydrogens (tertiary/aromatic N) is 3. The van der Waals surface area contributed by atoms with E-state index < -0.39 is 0 Å². The number of hydrogen-bond acceptors (Lipinski definition) is 3. The van der Waals surface area contributed by atoms with E-state index in [1.54, 1.807) is 0 Å². The zero-order valence-electron chi connectivity index (χ0n) is 6.03.